The molecule has 1 aliphatic heterocycles. The Kier molecular flexibility index (Phi) is 4.51. The number of carbonyl (C=O) groups is 2. The number of furan rings is 1. The van der Waals surface area contributed by atoms with E-state index in [2.05, 4.69) is 15.3 Å². The lowest BCUT2D eigenvalue weighted by molar-refractivity contribution is -0.119. The number of rotatable bonds is 5. The fraction of sp³-hybridized carbons (Fsp3) is 0.333. The molecule has 0 spiro atoms. The van der Waals surface area contributed by atoms with Crippen molar-refractivity contribution >= 4 is 18.1 Å². The normalized spacial score (nSPS) is 14.6. The highest BCUT2D eigenvalue weighted by molar-refractivity contribution is 5.93. The van der Waals surface area contributed by atoms with E-state index in [1.165, 1.54) is 6.33 Å². The third-order valence-electron chi connectivity index (χ3n) is 3.66. The molecule has 3 rings (SSSR count). The molecule has 0 radical (unpaired) electrons. The molecule has 0 unspecified atom stereocenters. The molecule has 1 fully saturated rings. The van der Waals surface area contributed by atoms with E-state index in [9.17, 15) is 9.59 Å². The smallest absolute Gasteiger partial charge is 0.272 e. The molecule has 1 N–H and O–H groups in total. The average molecular weight is 315 g/mol. The number of aromatic nitrogens is 2. The summed E-state index contributed by atoms with van der Waals surface area (Å²) < 4.78 is 5.23. The number of anilines is 1. The summed E-state index contributed by atoms with van der Waals surface area (Å²) in [5, 5.41) is 3.09. The maximum atomic E-state index is 12.5. The highest BCUT2D eigenvalue weighted by Crippen LogP contribution is 2.11. The maximum Gasteiger partial charge on any atom is 0.272 e. The first kappa shape index (κ1) is 15.0. The monoisotopic (exact) mass is 315 g/mol. The van der Waals surface area contributed by atoms with Gasteiger partial charge in [0.25, 0.3) is 5.91 Å². The standard InChI is InChI=1S/C15H17N5O3/c21-11-19-3-5-20(6-4-19)15(22)13-8-14(18-10-17-13)16-9-12-2-1-7-23-12/h1-2,7-8,10-11H,3-6,9H2,(H,16,17,18). The van der Waals surface area contributed by atoms with Gasteiger partial charge in [0.2, 0.25) is 6.41 Å². The minimum Gasteiger partial charge on any atom is -0.467 e. The van der Waals surface area contributed by atoms with Gasteiger partial charge < -0.3 is 19.5 Å². The zero-order chi connectivity index (χ0) is 16.1. The van der Waals surface area contributed by atoms with E-state index in [4.69, 9.17) is 4.42 Å². The molecule has 3 heterocycles. The van der Waals surface area contributed by atoms with Crippen molar-refractivity contribution in [2.75, 3.05) is 31.5 Å². The molecule has 0 saturated carbocycles. The predicted octanol–water partition coefficient (Wildman–Crippen LogP) is 0.596. The molecule has 0 bridgehead atoms. The van der Waals surface area contributed by atoms with Crippen LogP contribution in [-0.4, -0.2) is 58.3 Å². The predicted molar refractivity (Wildman–Crippen MR) is 81.6 cm³/mol. The Bertz CT molecular complexity index is 666. The Morgan fingerprint density at radius 2 is 2.13 bits per heavy atom. The Hall–Kier alpha value is -2.90. The van der Waals surface area contributed by atoms with E-state index in [0.717, 1.165) is 12.2 Å². The van der Waals surface area contributed by atoms with Gasteiger partial charge in [-0.1, -0.05) is 0 Å². The highest BCUT2D eigenvalue weighted by atomic mass is 16.3. The van der Waals surface area contributed by atoms with E-state index >= 15 is 0 Å². The highest BCUT2D eigenvalue weighted by Gasteiger charge is 2.22. The van der Waals surface area contributed by atoms with Crippen LogP contribution in [0, 0.1) is 0 Å². The molecule has 120 valence electrons. The molecular formula is C15H17N5O3. The van der Waals surface area contributed by atoms with Crippen molar-refractivity contribution in [3.63, 3.8) is 0 Å². The molecule has 0 atom stereocenters. The first-order valence-electron chi connectivity index (χ1n) is 7.33. The van der Waals surface area contributed by atoms with Crippen LogP contribution in [-0.2, 0) is 11.3 Å². The van der Waals surface area contributed by atoms with Gasteiger partial charge >= 0.3 is 0 Å². The molecule has 8 heteroatoms. The lowest BCUT2D eigenvalue weighted by atomic mass is 10.2. The van der Waals surface area contributed by atoms with E-state index in [-0.39, 0.29) is 5.91 Å². The number of piperazine rings is 1. The minimum absolute atomic E-state index is 0.154. The quantitative estimate of drug-likeness (QED) is 0.812. The van der Waals surface area contributed by atoms with Crippen LogP contribution in [0.25, 0.3) is 0 Å². The van der Waals surface area contributed by atoms with Gasteiger partial charge in [0.15, 0.2) is 0 Å². The van der Waals surface area contributed by atoms with Gasteiger partial charge in [-0.15, -0.1) is 0 Å². The van der Waals surface area contributed by atoms with Crippen LogP contribution in [0.5, 0.6) is 0 Å². The van der Waals surface area contributed by atoms with Crippen LogP contribution < -0.4 is 5.32 Å². The van der Waals surface area contributed by atoms with Crippen LogP contribution >= 0.6 is 0 Å². The first-order valence-corrected chi connectivity index (χ1v) is 7.33. The summed E-state index contributed by atoms with van der Waals surface area (Å²) in [5.41, 5.74) is 0.335. The first-order chi connectivity index (χ1) is 11.3. The Morgan fingerprint density at radius 3 is 2.83 bits per heavy atom. The molecule has 2 aromatic rings. The maximum absolute atomic E-state index is 12.5. The van der Waals surface area contributed by atoms with E-state index in [0.29, 0.717) is 44.2 Å². The van der Waals surface area contributed by atoms with Gasteiger partial charge in [-0.25, -0.2) is 9.97 Å². The Balaban J connectivity index is 1.62. The van der Waals surface area contributed by atoms with Crippen LogP contribution in [0.1, 0.15) is 16.2 Å². The van der Waals surface area contributed by atoms with Crippen molar-refractivity contribution in [3.05, 3.63) is 42.2 Å². The second-order valence-electron chi connectivity index (χ2n) is 5.15. The van der Waals surface area contributed by atoms with Crippen LogP contribution in [0.3, 0.4) is 0 Å². The summed E-state index contributed by atoms with van der Waals surface area (Å²) in [6.45, 7) is 2.59. The summed E-state index contributed by atoms with van der Waals surface area (Å²) in [5.74, 6) is 1.19. The van der Waals surface area contributed by atoms with Gasteiger partial charge in [-0.3, -0.25) is 9.59 Å². The van der Waals surface area contributed by atoms with Crippen LogP contribution in [0.2, 0.25) is 0 Å². The van der Waals surface area contributed by atoms with Gasteiger partial charge in [0, 0.05) is 32.2 Å². The van der Waals surface area contributed by atoms with Crippen molar-refractivity contribution in [2.45, 2.75) is 6.54 Å². The molecular weight excluding hydrogens is 298 g/mol. The molecule has 2 amide bonds. The molecule has 2 aromatic heterocycles. The fourth-order valence-electron chi connectivity index (χ4n) is 2.35. The molecule has 0 aromatic carbocycles. The molecule has 23 heavy (non-hydrogen) atoms. The average Bonchev–Trinajstić information content (AvgIpc) is 3.13. The molecule has 8 nitrogen and oxygen atoms in total. The van der Waals surface area contributed by atoms with Crippen molar-refractivity contribution in [2.24, 2.45) is 0 Å². The fourth-order valence-corrected chi connectivity index (χ4v) is 2.35. The second-order valence-corrected chi connectivity index (χ2v) is 5.15. The topological polar surface area (TPSA) is 91.6 Å². The van der Waals surface area contributed by atoms with Crippen molar-refractivity contribution in [3.8, 4) is 0 Å². The largest absolute Gasteiger partial charge is 0.467 e. The third-order valence-corrected chi connectivity index (χ3v) is 3.66. The lowest BCUT2D eigenvalue weighted by Gasteiger charge is -2.32. The summed E-state index contributed by atoms with van der Waals surface area (Å²) in [7, 11) is 0. The zero-order valence-corrected chi connectivity index (χ0v) is 12.5. The van der Waals surface area contributed by atoms with E-state index < -0.39 is 0 Å². The SMILES string of the molecule is O=CN1CCN(C(=O)c2cc(NCc3ccco3)ncn2)CC1. The van der Waals surface area contributed by atoms with Crippen molar-refractivity contribution in [1.82, 2.24) is 19.8 Å². The molecule has 1 saturated heterocycles. The van der Waals surface area contributed by atoms with E-state index in [1.54, 1.807) is 22.1 Å². The Labute approximate surface area is 133 Å². The summed E-state index contributed by atoms with van der Waals surface area (Å²) in [4.78, 5) is 34.7. The second kappa shape index (κ2) is 6.91. The summed E-state index contributed by atoms with van der Waals surface area (Å²) >= 11 is 0. The van der Waals surface area contributed by atoms with Crippen LogP contribution in [0.15, 0.2) is 35.2 Å². The summed E-state index contributed by atoms with van der Waals surface area (Å²) in [6, 6.07) is 5.29. The minimum atomic E-state index is -0.154. The van der Waals surface area contributed by atoms with Gasteiger partial charge in [-0.2, -0.15) is 0 Å². The van der Waals surface area contributed by atoms with Gasteiger partial charge in [0.05, 0.1) is 12.8 Å². The van der Waals surface area contributed by atoms with Crippen molar-refractivity contribution < 1.29 is 14.0 Å². The van der Waals surface area contributed by atoms with Gasteiger partial charge in [0.1, 0.15) is 23.6 Å². The summed E-state index contributed by atoms with van der Waals surface area (Å²) in [6.07, 6.45) is 3.77. The van der Waals surface area contributed by atoms with Crippen LogP contribution in [0.4, 0.5) is 5.82 Å². The van der Waals surface area contributed by atoms with Crippen molar-refractivity contribution in [1.29, 1.82) is 0 Å². The number of hydrogen-bond donors (Lipinski definition) is 1. The number of hydrogen-bond acceptors (Lipinski definition) is 6. The number of amides is 2. The van der Waals surface area contributed by atoms with Gasteiger partial charge in [-0.05, 0) is 12.1 Å². The lowest BCUT2D eigenvalue weighted by Crippen LogP contribution is -2.48. The molecule has 0 aliphatic carbocycles. The molecule has 1 aliphatic rings. The zero-order valence-electron chi connectivity index (χ0n) is 12.5. The van der Waals surface area contributed by atoms with E-state index in [1.807, 2.05) is 12.1 Å². The number of nitrogens with zero attached hydrogens (tertiary/aromatic N) is 4. The Morgan fingerprint density at radius 1 is 1.30 bits per heavy atom. The third kappa shape index (κ3) is 3.65. The number of nitrogens with one attached hydrogen (secondary N) is 1. The number of carbonyl (C=O) groups excluding carboxylic acids is 2.